The molecule has 1 saturated carbocycles. The standard InChI is InChI=1S/C22H18F3N3O2/c1-12-6-7-13(20(29)27-14-8-9-14)10-18(12)28-21(30)16-11-26-17-5-3-2-4-15(17)19(16)22(23,24)25/h2-7,10-11,14H,8-9H2,1H3,(H,27,29)(H,28,30). The lowest BCUT2D eigenvalue weighted by Gasteiger charge is -2.16. The summed E-state index contributed by atoms with van der Waals surface area (Å²) in [6, 6.07) is 10.7. The van der Waals surface area contributed by atoms with E-state index >= 15 is 0 Å². The number of fused-ring (bicyclic) bond motifs is 1. The van der Waals surface area contributed by atoms with Gasteiger partial charge in [0.1, 0.15) is 0 Å². The van der Waals surface area contributed by atoms with E-state index in [1.54, 1.807) is 25.1 Å². The first-order valence-electron chi connectivity index (χ1n) is 9.42. The van der Waals surface area contributed by atoms with E-state index in [0.717, 1.165) is 19.0 Å². The van der Waals surface area contributed by atoms with Gasteiger partial charge in [-0.3, -0.25) is 14.6 Å². The molecule has 0 atom stereocenters. The molecular weight excluding hydrogens is 395 g/mol. The normalized spacial score (nSPS) is 13.9. The number of anilines is 1. The molecule has 5 nitrogen and oxygen atoms in total. The van der Waals surface area contributed by atoms with Gasteiger partial charge in [0.2, 0.25) is 0 Å². The third-order valence-corrected chi connectivity index (χ3v) is 4.96. The second-order valence-corrected chi connectivity index (χ2v) is 7.29. The fourth-order valence-electron chi connectivity index (χ4n) is 3.20. The van der Waals surface area contributed by atoms with Gasteiger partial charge in [0.25, 0.3) is 11.8 Å². The van der Waals surface area contributed by atoms with Gasteiger partial charge in [-0.15, -0.1) is 0 Å². The molecule has 0 bridgehead atoms. The van der Waals surface area contributed by atoms with E-state index < -0.39 is 23.2 Å². The first-order valence-corrected chi connectivity index (χ1v) is 9.42. The van der Waals surface area contributed by atoms with Crippen LogP contribution >= 0.6 is 0 Å². The van der Waals surface area contributed by atoms with E-state index in [9.17, 15) is 22.8 Å². The number of pyridine rings is 1. The molecule has 4 rings (SSSR count). The maximum Gasteiger partial charge on any atom is 0.417 e. The van der Waals surface area contributed by atoms with Crippen LogP contribution in [0.1, 0.15) is 44.7 Å². The van der Waals surface area contributed by atoms with Crippen molar-refractivity contribution in [1.82, 2.24) is 10.3 Å². The summed E-state index contributed by atoms with van der Waals surface area (Å²) in [6.45, 7) is 1.70. The summed E-state index contributed by atoms with van der Waals surface area (Å²) in [5, 5.41) is 5.20. The van der Waals surface area contributed by atoms with Crippen LogP contribution in [0.2, 0.25) is 0 Å². The SMILES string of the molecule is Cc1ccc(C(=O)NC2CC2)cc1NC(=O)c1cnc2ccccc2c1C(F)(F)F. The molecule has 1 aromatic heterocycles. The van der Waals surface area contributed by atoms with Crippen LogP contribution in [-0.4, -0.2) is 22.8 Å². The number of aromatic nitrogens is 1. The topological polar surface area (TPSA) is 71.1 Å². The van der Waals surface area contributed by atoms with Crippen molar-refractivity contribution in [2.75, 3.05) is 5.32 Å². The molecule has 0 unspecified atom stereocenters. The van der Waals surface area contributed by atoms with Crippen LogP contribution in [0.5, 0.6) is 0 Å². The fourth-order valence-corrected chi connectivity index (χ4v) is 3.20. The van der Waals surface area contributed by atoms with Crippen molar-refractivity contribution in [1.29, 1.82) is 0 Å². The van der Waals surface area contributed by atoms with Crippen LogP contribution in [0.15, 0.2) is 48.7 Å². The number of hydrogen-bond acceptors (Lipinski definition) is 3. The van der Waals surface area contributed by atoms with Crippen molar-refractivity contribution >= 4 is 28.4 Å². The second kappa shape index (κ2) is 7.44. The number of amides is 2. The van der Waals surface area contributed by atoms with E-state index in [2.05, 4.69) is 15.6 Å². The second-order valence-electron chi connectivity index (χ2n) is 7.29. The number of carbonyl (C=O) groups is 2. The van der Waals surface area contributed by atoms with Gasteiger partial charge in [-0.1, -0.05) is 24.3 Å². The number of hydrogen-bond donors (Lipinski definition) is 2. The molecule has 0 aliphatic heterocycles. The summed E-state index contributed by atoms with van der Waals surface area (Å²) in [6.07, 6.45) is -1.96. The van der Waals surface area contributed by atoms with E-state index in [1.165, 1.54) is 24.3 Å². The quantitative estimate of drug-likeness (QED) is 0.651. The molecular formula is C22H18F3N3O2. The number of halogens is 3. The van der Waals surface area contributed by atoms with Crippen molar-refractivity contribution in [3.05, 3.63) is 70.9 Å². The van der Waals surface area contributed by atoms with Crippen LogP contribution in [0, 0.1) is 6.92 Å². The van der Waals surface area contributed by atoms with E-state index in [4.69, 9.17) is 0 Å². The number of benzene rings is 2. The molecule has 0 radical (unpaired) electrons. The molecule has 1 aliphatic carbocycles. The molecule has 154 valence electrons. The molecule has 2 amide bonds. The maximum absolute atomic E-state index is 13.8. The average molecular weight is 413 g/mol. The number of aryl methyl sites for hydroxylation is 1. The molecule has 2 aromatic carbocycles. The van der Waals surface area contributed by atoms with E-state index in [0.29, 0.717) is 11.1 Å². The number of carbonyl (C=O) groups excluding carboxylic acids is 2. The van der Waals surface area contributed by atoms with Crippen LogP contribution in [0.4, 0.5) is 18.9 Å². The average Bonchev–Trinajstić information content (AvgIpc) is 3.51. The highest BCUT2D eigenvalue weighted by molar-refractivity contribution is 6.08. The maximum atomic E-state index is 13.8. The Morgan fingerprint density at radius 3 is 2.50 bits per heavy atom. The number of alkyl halides is 3. The van der Waals surface area contributed by atoms with E-state index in [-0.39, 0.29) is 28.5 Å². The van der Waals surface area contributed by atoms with Crippen molar-refractivity contribution in [3.63, 3.8) is 0 Å². The van der Waals surface area contributed by atoms with Crippen LogP contribution in [0.3, 0.4) is 0 Å². The Bertz CT molecular complexity index is 1150. The Labute approximate surface area is 170 Å². The van der Waals surface area contributed by atoms with Crippen LogP contribution in [0.25, 0.3) is 10.9 Å². The minimum Gasteiger partial charge on any atom is -0.349 e. The number of nitrogens with one attached hydrogen (secondary N) is 2. The highest BCUT2D eigenvalue weighted by Crippen LogP contribution is 2.37. The van der Waals surface area contributed by atoms with Gasteiger partial charge in [-0.05, 0) is 43.5 Å². The number of nitrogens with zero attached hydrogens (tertiary/aromatic N) is 1. The Kier molecular flexibility index (Phi) is 4.93. The smallest absolute Gasteiger partial charge is 0.349 e. The predicted octanol–water partition coefficient (Wildman–Crippen LogP) is 4.71. The van der Waals surface area contributed by atoms with Gasteiger partial charge >= 0.3 is 6.18 Å². The van der Waals surface area contributed by atoms with Gasteiger partial charge in [-0.2, -0.15) is 13.2 Å². The van der Waals surface area contributed by atoms with Crippen LogP contribution < -0.4 is 10.6 Å². The zero-order chi connectivity index (χ0) is 21.5. The Morgan fingerprint density at radius 2 is 1.80 bits per heavy atom. The van der Waals surface area contributed by atoms with Gasteiger partial charge in [-0.25, -0.2) is 0 Å². The highest BCUT2D eigenvalue weighted by Gasteiger charge is 2.37. The van der Waals surface area contributed by atoms with Gasteiger partial charge in [0, 0.05) is 28.9 Å². The Balaban J connectivity index is 1.69. The molecule has 2 N–H and O–H groups in total. The Morgan fingerprint density at radius 1 is 1.07 bits per heavy atom. The highest BCUT2D eigenvalue weighted by atomic mass is 19.4. The Hall–Kier alpha value is -3.42. The molecule has 3 aromatic rings. The minimum atomic E-state index is -4.74. The van der Waals surface area contributed by atoms with Gasteiger partial charge in [0.15, 0.2) is 0 Å². The zero-order valence-corrected chi connectivity index (χ0v) is 16.0. The summed E-state index contributed by atoms with van der Waals surface area (Å²) >= 11 is 0. The molecule has 8 heteroatoms. The third kappa shape index (κ3) is 3.98. The molecule has 0 saturated heterocycles. The van der Waals surface area contributed by atoms with Crippen molar-refractivity contribution < 1.29 is 22.8 Å². The number of para-hydroxylation sites is 1. The minimum absolute atomic E-state index is 0.146. The summed E-state index contributed by atoms with van der Waals surface area (Å²) < 4.78 is 41.4. The van der Waals surface area contributed by atoms with Gasteiger partial charge in [0.05, 0.1) is 16.6 Å². The molecule has 1 aliphatic rings. The first kappa shape index (κ1) is 19.9. The zero-order valence-electron chi connectivity index (χ0n) is 16.0. The lowest BCUT2D eigenvalue weighted by molar-refractivity contribution is -0.136. The van der Waals surface area contributed by atoms with Gasteiger partial charge < -0.3 is 10.6 Å². The monoisotopic (exact) mass is 413 g/mol. The summed E-state index contributed by atoms with van der Waals surface area (Å²) in [5.74, 6) is -1.22. The molecule has 0 spiro atoms. The van der Waals surface area contributed by atoms with Crippen molar-refractivity contribution in [3.8, 4) is 0 Å². The molecule has 30 heavy (non-hydrogen) atoms. The number of rotatable bonds is 4. The van der Waals surface area contributed by atoms with Crippen LogP contribution in [-0.2, 0) is 6.18 Å². The fraction of sp³-hybridized carbons (Fsp3) is 0.227. The largest absolute Gasteiger partial charge is 0.417 e. The van der Waals surface area contributed by atoms with Crippen molar-refractivity contribution in [2.24, 2.45) is 0 Å². The lowest BCUT2D eigenvalue weighted by atomic mass is 10.0. The molecule has 1 heterocycles. The lowest BCUT2D eigenvalue weighted by Crippen LogP contribution is -2.25. The third-order valence-electron chi connectivity index (χ3n) is 4.96. The summed E-state index contributed by atoms with van der Waals surface area (Å²) in [5.41, 5.74) is -0.246. The summed E-state index contributed by atoms with van der Waals surface area (Å²) in [7, 11) is 0. The van der Waals surface area contributed by atoms with E-state index in [1.807, 2.05) is 0 Å². The summed E-state index contributed by atoms with van der Waals surface area (Å²) in [4.78, 5) is 29.1. The molecule has 1 fully saturated rings. The predicted molar refractivity (Wildman–Crippen MR) is 106 cm³/mol. The first-order chi connectivity index (χ1) is 14.2. The van der Waals surface area contributed by atoms with Crippen molar-refractivity contribution in [2.45, 2.75) is 32.0 Å².